The van der Waals surface area contributed by atoms with Crippen molar-refractivity contribution in [2.75, 3.05) is 11.2 Å². The van der Waals surface area contributed by atoms with Gasteiger partial charge in [-0.2, -0.15) is 0 Å². The summed E-state index contributed by atoms with van der Waals surface area (Å²) in [6, 6.07) is 4.45. The molecule has 0 saturated carbocycles. The molecule has 1 heterocycles. The van der Waals surface area contributed by atoms with Crippen LogP contribution < -0.4 is 9.62 Å². The van der Waals surface area contributed by atoms with Crippen LogP contribution in [0.5, 0.6) is 0 Å². The Labute approximate surface area is 172 Å². The highest BCUT2D eigenvalue weighted by molar-refractivity contribution is 7.89. The molecule has 0 saturated heterocycles. The molecule has 148 valence electrons. The lowest BCUT2D eigenvalue weighted by Crippen LogP contribution is -2.31. The van der Waals surface area contributed by atoms with Crippen LogP contribution in [0.2, 0.25) is 5.02 Å². The minimum Gasteiger partial charge on any atom is -0.269 e. The first-order valence-corrected chi connectivity index (χ1v) is 11.0. The molecule has 0 atom stereocenters. The maximum atomic E-state index is 12.7. The minimum absolute atomic E-state index is 0.214. The smallest absolute Gasteiger partial charge is 0.269 e. The van der Waals surface area contributed by atoms with E-state index in [4.69, 9.17) is 23.2 Å². The highest BCUT2D eigenvalue weighted by atomic mass is 35.5. The van der Waals surface area contributed by atoms with Crippen LogP contribution in [-0.2, 0) is 24.4 Å². The number of halogens is 2. The lowest BCUT2D eigenvalue weighted by molar-refractivity contribution is -0.120. The summed E-state index contributed by atoms with van der Waals surface area (Å²) in [6.45, 7) is 0. The third kappa shape index (κ3) is 4.14. The summed E-state index contributed by atoms with van der Waals surface area (Å²) >= 11 is 12.0. The van der Waals surface area contributed by atoms with Gasteiger partial charge in [-0.1, -0.05) is 23.2 Å². The number of amides is 3. The van der Waals surface area contributed by atoms with Crippen molar-refractivity contribution in [2.24, 2.45) is 0 Å². The SMILES string of the molecule is CS(=O)(=O)NC(=O)/C(Cl)=C/c1cc(N2C(=O)C3=C(CCCC3)C2=O)ccc1Cl. The number of benzene rings is 1. The van der Waals surface area contributed by atoms with Gasteiger partial charge in [0.25, 0.3) is 17.7 Å². The van der Waals surface area contributed by atoms with Crippen LogP contribution in [0.1, 0.15) is 31.2 Å². The highest BCUT2D eigenvalue weighted by Gasteiger charge is 2.39. The Morgan fingerprint density at radius 1 is 1.14 bits per heavy atom. The topological polar surface area (TPSA) is 101 Å². The number of rotatable bonds is 4. The Balaban J connectivity index is 1.93. The second-order valence-electron chi connectivity index (χ2n) is 6.51. The fourth-order valence-corrected chi connectivity index (χ4v) is 4.01. The van der Waals surface area contributed by atoms with Gasteiger partial charge in [0.2, 0.25) is 10.0 Å². The first-order chi connectivity index (χ1) is 13.1. The van der Waals surface area contributed by atoms with Crippen molar-refractivity contribution >= 4 is 62.7 Å². The Morgan fingerprint density at radius 3 is 2.25 bits per heavy atom. The number of hydrogen-bond donors (Lipinski definition) is 1. The molecule has 10 heteroatoms. The summed E-state index contributed by atoms with van der Waals surface area (Å²) in [7, 11) is -3.78. The van der Waals surface area contributed by atoms with E-state index in [2.05, 4.69) is 0 Å². The molecule has 28 heavy (non-hydrogen) atoms. The summed E-state index contributed by atoms with van der Waals surface area (Å²) in [5, 5.41) is -0.202. The second kappa shape index (κ2) is 7.69. The molecule has 1 aliphatic heterocycles. The summed E-state index contributed by atoms with van der Waals surface area (Å²) in [5.74, 6) is -1.72. The van der Waals surface area contributed by atoms with Crippen molar-refractivity contribution in [3.05, 3.63) is 45.0 Å². The minimum atomic E-state index is -3.78. The molecule has 1 aromatic carbocycles. The maximum Gasteiger partial charge on any atom is 0.276 e. The summed E-state index contributed by atoms with van der Waals surface area (Å²) in [6.07, 6.45) is 4.88. The first-order valence-electron chi connectivity index (χ1n) is 8.38. The van der Waals surface area contributed by atoms with Crippen LogP contribution >= 0.6 is 23.2 Å². The maximum absolute atomic E-state index is 12.7. The van der Waals surface area contributed by atoms with E-state index < -0.39 is 21.0 Å². The molecule has 3 amide bonds. The molecular weight excluding hydrogens is 427 g/mol. The van der Waals surface area contributed by atoms with E-state index in [1.807, 2.05) is 0 Å². The molecule has 7 nitrogen and oxygen atoms in total. The number of nitrogens with one attached hydrogen (secondary N) is 1. The number of anilines is 1. The van der Waals surface area contributed by atoms with Gasteiger partial charge in [0.1, 0.15) is 5.03 Å². The zero-order chi connectivity index (χ0) is 20.6. The van der Waals surface area contributed by atoms with Crippen LogP contribution in [-0.4, -0.2) is 32.4 Å². The molecule has 1 aromatic rings. The van der Waals surface area contributed by atoms with E-state index in [9.17, 15) is 22.8 Å². The zero-order valence-electron chi connectivity index (χ0n) is 14.8. The van der Waals surface area contributed by atoms with E-state index in [1.165, 1.54) is 24.3 Å². The standard InChI is InChI=1S/C18H16Cl2N2O5S/c1-28(26,27)21-16(23)15(20)9-10-8-11(6-7-14(10)19)22-17(24)12-4-2-3-5-13(12)18(22)25/h6-9H,2-5H2,1H3,(H,21,23)/b15-9-. The third-order valence-corrected chi connectivity index (χ3v) is 5.59. The Bertz CT molecular complexity index is 1030. The predicted molar refractivity (Wildman–Crippen MR) is 106 cm³/mol. The normalized spacial score (nSPS) is 17.8. The van der Waals surface area contributed by atoms with Crippen molar-refractivity contribution in [3.8, 4) is 0 Å². The molecule has 1 N–H and O–H groups in total. The highest BCUT2D eigenvalue weighted by Crippen LogP contribution is 2.36. The average Bonchev–Trinajstić information content (AvgIpc) is 2.87. The first kappa shape index (κ1) is 20.6. The van der Waals surface area contributed by atoms with Crippen molar-refractivity contribution in [2.45, 2.75) is 25.7 Å². The fraction of sp³-hybridized carbons (Fsp3) is 0.278. The number of sulfonamides is 1. The molecule has 0 spiro atoms. The van der Waals surface area contributed by atoms with Gasteiger partial charge >= 0.3 is 0 Å². The van der Waals surface area contributed by atoms with Crippen molar-refractivity contribution < 1.29 is 22.8 Å². The molecule has 3 rings (SSSR count). The molecule has 0 radical (unpaired) electrons. The van der Waals surface area contributed by atoms with Crippen LogP contribution in [0.25, 0.3) is 6.08 Å². The molecule has 1 aliphatic carbocycles. The third-order valence-electron chi connectivity index (χ3n) is 4.41. The molecule has 0 aromatic heterocycles. The lowest BCUT2D eigenvalue weighted by Gasteiger charge is -2.16. The Morgan fingerprint density at radius 2 is 1.71 bits per heavy atom. The van der Waals surface area contributed by atoms with Crippen LogP contribution in [0.3, 0.4) is 0 Å². The van der Waals surface area contributed by atoms with Gasteiger partial charge in [-0.15, -0.1) is 0 Å². The molecular formula is C18H16Cl2N2O5S. The molecule has 0 unspecified atom stereocenters. The van der Waals surface area contributed by atoms with Gasteiger partial charge in [0.15, 0.2) is 0 Å². The number of hydrogen-bond acceptors (Lipinski definition) is 5. The van der Waals surface area contributed by atoms with E-state index in [0.717, 1.165) is 24.0 Å². The number of nitrogens with zero attached hydrogens (tertiary/aromatic N) is 1. The van der Waals surface area contributed by atoms with Crippen molar-refractivity contribution in [1.29, 1.82) is 0 Å². The van der Waals surface area contributed by atoms with E-state index in [1.54, 1.807) is 4.72 Å². The number of carbonyl (C=O) groups excluding carboxylic acids is 3. The quantitative estimate of drug-likeness (QED) is 0.570. The average molecular weight is 443 g/mol. The van der Waals surface area contributed by atoms with E-state index >= 15 is 0 Å². The Kier molecular flexibility index (Phi) is 5.65. The largest absolute Gasteiger partial charge is 0.276 e. The zero-order valence-corrected chi connectivity index (χ0v) is 17.1. The van der Waals surface area contributed by atoms with Gasteiger partial charge in [-0.25, -0.2) is 18.0 Å². The van der Waals surface area contributed by atoms with Crippen molar-refractivity contribution in [1.82, 2.24) is 4.72 Å². The summed E-state index contributed by atoms with van der Waals surface area (Å²) < 4.78 is 24.1. The monoisotopic (exact) mass is 442 g/mol. The number of imide groups is 1. The van der Waals surface area contributed by atoms with E-state index in [0.29, 0.717) is 29.7 Å². The van der Waals surface area contributed by atoms with Crippen LogP contribution in [0.15, 0.2) is 34.4 Å². The van der Waals surface area contributed by atoms with Gasteiger partial charge in [0.05, 0.1) is 11.9 Å². The lowest BCUT2D eigenvalue weighted by atomic mass is 9.93. The van der Waals surface area contributed by atoms with Gasteiger partial charge in [0, 0.05) is 16.2 Å². The van der Waals surface area contributed by atoms with Crippen LogP contribution in [0, 0.1) is 0 Å². The second-order valence-corrected chi connectivity index (χ2v) is 9.07. The van der Waals surface area contributed by atoms with E-state index in [-0.39, 0.29) is 22.4 Å². The van der Waals surface area contributed by atoms with Gasteiger partial charge in [-0.05, 0) is 55.5 Å². The predicted octanol–water partition coefficient (Wildman–Crippen LogP) is 2.74. The molecule has 0 fully saturated rings. The van der Waals surface area contributed by atoms with Crippen LogP contribution in [0.4, 0.5) is 5.69 Å². The summed E-state index contributed by atoms with van der Waals surface area (Å²) in [5.41, 5.74) is 1.66. The van der Waals surface area contributed by atoms with Gasteiger partial charge in [-0.3, -0.25) is 14.4 Å². The summed E-state index contributed by atoms with van der Waals surface area (Å²) in [4.78, 5) is 38.3. The van der Waals surface area contributed by atoms with Gasteiger partial charge < -0.3 is 0 Å². The number of carbonyl (C=O) groups is 3. The molecule has 2 aliphatic rings. The van der Waals surface area contributed by atoms with Crippen molar-refractivity contribution in [3.63, 3.8) is 0 Å². The Hall–Kier alpha value is -2.16. The fourth-order valence-electron chi connectivity index (χ4n) is 3.17. The molecule has 0 bridgehead atoms.